The Morgan fingerprint density at radius 2 is 2.10 bits per heavy atom. The Labute approximate surface area is 127 Å². The van der Waals surface area contributed by atoms with E-state index >= 15 is 0 Å². The van der Waals surface area contributed by atoms with Crippen LogP contribution >= 0.6 is 0 Å². The fourth-order valence-corrected chi connectivity index (χ4v) is 3.24. The predicted molar refractivity (Wildman–Crippen MR) is 84.3 cm³/mol. The van der Waals surface area contributed by atoms with Crippen LogP contribution in [-0.2, 0) is 11.3 Å². The van der Waals surface area contributed by atoms with Gasteiger partial charge < -0.3 is 14.6 Å². The van der Waals surface area contributed by atoms with E-state index in [9.17, 15) is 5.11 Å². The molecule has 21 heavy (non-hydrogen) atoms. The summed E-state index contributed by atoms with van der Waals surface area (Å²) >= 11 is 0. The molecule has 0 aliphatic heterocycles. The molecule has 0 saturated heterocycles. The van der Waals surface area contributed by atoms with Gasteiger partial charge in [0.05, 0.1) is 19.8 Å². The van der Waals surface area contributed by atoms with Crippen LogP contribution in [0.4, 0.5) is 0 Å². The van der Waals surface area contributed by atoms with Gasteiger partial charge in [0.1, 0.15) is 5.75 Å². The van der Waals surface area contributed by atoms with Crippen molar-refractivity contribution in [2.75, 3.05) is 13.7 Å². The summed E-state index contributed by atoms with van der Waals surface area (Å²) in [5.74, 6) is 1.69. The zero-order chi connectivity index (χ0) is 15.1. The second kappa shape index (κ2) is 8.20. The fourth-order valence-electron chi connectivity index (χ4n) is 3.24. The molecule has 1 saturated carbocycles. The summed E-state index contributed by atoms with van der Waals surface area (Å²) in [4.78, 5) is 0. The van der Waals surface area contributed by atoms with E-state index in [1.54, 1.807) is 7.11 Å². The molecule has 1 aliphatic carbocycles. The zero-order valence-corrected chi connectivity index (χ0v) is 12.8. The molecule has 1 N–H and O–H groups in total. The molecule has 3 heteroatoms. The molecule has 116 valence electrons. The highest BCUT2D eigenvalue weighted by Crippen LogP contribution is 2.36. The Hall–Kier alpha value is -1.32. The maximum Gasteiger partial charge on any atom is 0.118 e. The number of methoxy groups -OCH3 is 1. The van der Waals surface area contributed by atoms with Crippen LogP contribution in [0.25, 0.3) is 0 Å². The second-order valence-corrected chi connectivity index (χ2v) is 5.76. The van der Waals surface area contributed by atoms with Gasteiger partial charge in [0, 0.05) is 6.61 Å². The SMILES string of the molecule is C=CC[C@H](OCc1ccc(OC)cc1)[C@@H]1CCC[C@H]1CO. The number of ether oxygens (including phenoxy) is 2. The Morgan fingerprint density at radius 1 is 1.33 bits per heavy atom. The lowest BCUT2D eigenvalue weighted by molar-refractivity contribution is -0.0162. The standard InChI is InChI=1S/C18H26O3/c1-3-5-18(17-7-4-6-15(17)12-19)21-13-14-8-10-16(20-2)11-9-14/h3,8-11,15,17-19H,1,4-7,12-13H2,2H3/t15-,17+,18-/m0/s1. The van der Waals surface area contributed by atoms with E-state index in [0.29, 0.717) is 18.4 Å². The van der Waals surface area contributed by atoms with Crippen molar-refractivity contribution in [2.45, 2.75) is 38.4 Å². The van der Waals surface area contributed by atoms with E-state index in [1.165, 1.54) is 6.42 Å². The zero-order valence-electron chi connectivity index (χ0n) is 12.8. The summed E-state index contributed by atoms with van der Waals surface area (Å²) in [5, 5.41) is 9.50. The molecule has 0 radical (unpaired) electrons. The molecule has 3 nitrogen and oxygen atoms in total. The van der Waals surface area contributed by atoms with Gasteiger partial charge in [-0.15, -0.1) is 6.58 Å². The quantitative estimate of drug-likeness (QED) is 0.744. The third kappa shape index (κ3) is 4.32. The summed E-state index contributed by atoms with van der Waals surface area (Å²) in [7, 11) is 1.67. The van der Waals surface area contributed by atoms with Gasteiger partial charge >= 0.3 is 0 Å². The molecule has 0 spiro atoms. The highest BCUT2D eigenvalue weighted by atomic mass is 16.5. The average molecular weight is 290 g/mol. The van der Waals surface area contributed by atoms with E-state index in [4.69, 9.17) is 9.47 Å². The van der Waals surface area contributed by atoms with Gasteiger partial charge in [-0.1, -0.05) is 24.6 Å². The monoisotopic (exact) mass is 290 g/mol. The molecular formula is C18H26O3. The minimum absolute atomic E-state index is 0.157. The molecule has 1 aromatic carbocycles. The van der Waals surface area contributed by atoms with E-state index in [0.717, 1.165) is 30.6 Å². The van der Waals surface area contributed by atoms with Gasteiger partial charge in [0.15, 0.2) is 0 Å². The Kier molecular flexibility index (Phi) is 6.27. The first-order valence-corrected chi connectivity index (χ1v) is 7.74. The molecule has 0 aromatic heterocycles. The topological polar surface area (TPSA) is 38.7 Å². The first-order chi connectivity index (χ1) is 10.3. The first-order valence-electron chi connectivity index (χ1n) is 7.74. The molecule has 0 bridgehead atoms. The highest BCUT2D eigenvalue weighted by Gasteiger charge is 2.33. The minimum Gasteiger partial charge on any atom is -0.497 e. The van der Waals surface area contributed by atoms with Crippen molar-refractivity contribution in [3.05, 3.63) is 42.5 Å². The van der Waals surface area contributed by atoms with Crippen LogP contribution in [0, 0.1) is 11.8 Å². The van der Waals surface area contributed by atoms with E-state index < -0.39 is 0 Å². The second-order valence-electron chi connectivity index (χ2n) is 5.76. The summed E-state index contributed by atoms with van der Waals surface area (Å²) in [5.41, 5.74) is 1.14. The normalized spacial score (nSPS) is 23.0. The number of aliphatic hydroxyl groups is 1. The maximum absolute atomic E-state index is 9.50. The van der Waals surface area contributed by atoms with Crippen molar-refractivity contribution in [3.63, 3.8) is 0 Å². The van der Waals surface area contributed by atoms with Crippen LogP contribution in [0.3, 0.4) is 0 Å². The maximum atomic E-state index is 9.50. The number of benzene rings is 1. The summed E-state index contributed by atoms with van der Waals surface area (Å²) in [6, 6.07) is 7.96. The molecule has 2 rings (SSSR count). The minimum atomic E-state index is 0.157. The van der Waals surface area contributed by atoms with Gasteiger partial charge in [-0.3, -0.25) is 0 Å². The fraction of sp³-hybridized carbons (Fsp3) is 0.556. The Balaban J connectivity index is 1.94. The summed E-state index contributed by atoms with van der Waals surface area (Å²) in [6.07, 6.45) is 6.37. The molecule has 1 fully saturated rings. The molecule has 1 aliphatic rings. The van der Waals surface area contributed by atoms with E-state index in [2.05, 4.69) is 6.58 Å². The van der Waals surface area contributed by atoms with Crippen molar-refractivity contribution >= 4 is 0 Å². The van der Waals surface area contributed by atoms with Crippen molar-refractivity contribution in [1.29, 1.82) is 0 Å². The number of aliphatic hydroxyl groups excluding tert-OH is 1. The smallest absolute Gasteiger partial charge is 0.118 e. The molecule has 0 heterocycles. The van der Waals surface area contributed by atoms with Crippen molar-refractivity contribution in [1.82, 2.24) is 0 Å². The van der Waals surface area contributed by atoms with Gasteiger partial charge in [-0.2, -0.15) is 0 Å². The third-order valence-corrected chi connectivity index (χ3v) is 4.45. The van der Waals surface area contributed by atoms with Gasteiger partial charge in [-0.05, 0) is 48.8 Å². The molecule has 0 amide bonds. The lowest BCUT2D eigenvalue weighted by Crippen LogP contribution is -2.28. The van der Waals surface area contributed by atoms with Crippen molar-refractivity contribution in [3.8, 4) is 5.75 Å². The van der Waals surface area contributed by atoms with Crippen molar-refractivity contribution < 1.29 is 14.6 Å². The van der Waals surface area contributed by atoms with Crippen LogP contribution < -0.4 is 4.74 Å². The van der Waals surface area contributed by atoms with Crippen LogP contribution in [0.2, 0.25) is 0 Å². The Bertz CT molecular complexity index is 427. The van der Waals surface area contributed by atoms with Gasteiger partial charge in [0.25, 0.3) is 0 Å². The average Bonchev–Trinajstić information content (AvgIpc) is 3.00. The molecular weight excluding hydrogens is 264 g/mol. The van der Waals surface area contributed by atoms with Crippen LogP contribution in [0.1, 0.15) is 31.2 Å². The highest BCUT2D eigenvalue weighted by molar-refractivity contribution is 5.26. The van der Waals surface area contributed by atoms with Crippen molar-refractivity contribution in [2.24, 2.45) is 11.8 Å². The molecule has 3 atom stereocenters. The summed E-state index contributed by atoms with van der Waals surface area (Å²) < 4.78 is 11.3. The van der Waals surface area contributed by atoms with Gasteiger partial charge in [-0.25, -0.2) is 0 Å². The lowest BCUT2D eigenvalue weighted by Gasteiger charge is -2.27. The van der Waals surface area contributed by atoms with Gasteiger partial charge in [0.2, 0.25) is 0 Å². The lowest BCUT2D eigenvalue weighted by atomic mass is 9.89. The predicted octanol–water partition coefficient (Wildman–Crippen LogP) is 3.57. The Morgan fingerprint density at radius 3 is 2.71 bits per heavy atom. The summed E-state index contributed by atoms with van der Waals surface area (Å²) in [6.45, 7) is 4.70. The molecule has 0 unspecified atom stereocenters. The van der Waals surface area contributed by atoms with E-state index in [-0.39, 0.29) is 12.7 Å². The largest absolute Gasteiger partial charge is 0.497 e. The van der Waals surface area contributed by atoms with Crippen LogP contribution in [0.15, 0.2) is 36.9 Å². The molecule has 1 aromatic rings. The number of hydrogen-bond acceptors (Lipinski definition) is 3. The van der Waals surface area contributed by atoms with E-state index in [1.807, 2.05) is 30.3 Å². The third-order valence-electron chi connectivity index (χ3n) is 4.45. The first kappa shape index (κ1) is 16.1. The number of hydrogen-bond donors (Lipinski definition) is 1. The van der Waals surface area contributed by atoms with Crippen LogP contribution in [0.5, 0.6) is 5.75 Å². The van der Waals surface area contributed by atoms with Crippen LogP contribution in [-0.4, -0.2) is 24.9 Å². The number of rotatable bonds is 8.